The smallest absolute Gasteiger partial charge is 0.328 e. The van der Waals surface area contributed by atoms with Gasteiger partial charge in [0, 0.05) is 10.8 Å². The van der Waals surface area contributed by atoms with Gasteiger partial charge in [-0.05, 0) is 18.2 Å². The van der Waals surface area contributed by atoms with Crippen LogP contribution in [0.3, 0.4) is 0 Å². The Balaban J connectivity index is 2.23. The fourth-order valence-corrected chi connectivity index (χ4v) is 1.99. The Morgan fingerprint density at radius 2 is 1.86 bits per heavy atom. The van der Waals surface area contributed by atoms with E-state index in [9.17, 15) is 19.5 Å². The van der Waals surface area contributed by atoms with E-state index in [4.69, 9.17) is 0 Å². The molecule has 0 saturated heterocycles. The predicted octanol–water partition coefficient (Wildman–Crippen LogP) is -1.21. The number of hydrogen-bond acceptors (Lipinski definition) is 4. The molecule has 3 N–H and O–H groups in total. The molecule has 21 heavy (non-hydrogen) atoms. The topological polar surface area (TPSA) is 115 Å². The van der Waals surface area contributed by atoms with Crippen LogP contribution in [0.5, 0.6) is 5.88 Å². The zero-order valence-electron chi connectivity index (χ0n) is 10.6. The molecule has 0 saturated carbocycles. The Bertz CT molecular complexity index is 1010. The van der Waals surface area contributed by atoms with E-state index in [2.05, 4.69) is 4.99 Å². The molecule has 0 spiro atoms. The van der Waals surface area contributed by atoms with Gasteiger partial charge < -0.3 is 5.11 Å². The minimum absolute atomic E-state index is 0.140. The van der Waals surface area contributed by atoms with Gasteiger partial charge in [0.15, 0.2) is 0 Å². The number of aromatic amines is 2. The predicted molar refractivity (Wildman–Crippen MR) is 74.0 cm³/mol. The summed E-state index contributed by atoms with van der Waals surface area (Å²) in [7, 11) is 0. The monoisotopic (exact) mass is 283 g/mol. The summed E-state index contributed by atoms with van der Waals surface area (Å²) in [5.74, 6) is -1.13. The van der Waals surface area contributed by atoms with E-state index < -0.39 is 23.0 Å². The fraction of sp³-hybridized carbons (Fsp3) is 0. The van der Waals surface area contributed by atoms with Crippen molar-refractivity contribution in [1.82, 2.24) is 9.97 Å². The van der Waals surface area contributed by atoms with Crippen LogP contribution in [-0.4, -0.2) is 21.0 Å². The molecule has 104 valence electrons. The average molecular weight is 283 g/mol. The molecule has 1 aliphatic rings. The second-order valence-corrected chi connectivity index (χ2v) is 4.39. The Kier molecular flexibility index (Phi) is 2.87. The van der Waals surface area contributed by atoms with Gasteiger partial charge in [-0.1, -0.05) is 18.2 Å². The lowest BCUT2D eigenvalue weighted by Crippen LogP contribution is -2.30. The number of carbonyl (C=O) groups excluding carboxylic acids is 1. The van der Waals surface area contributed by atoms with Crippen molar-refractivity contribution in [3.63, 3.8) is 0 Å². The third-order valence-corrected chi connectivity index (χ3v) is 2.98. The van der Waals surface area contributed by atoms with E-state index in [0.717, 1.165) is 5.22 Å². The van der Waals surface area contributed by atoms with Crippen LogP contribution >= 0.6 is 0 Å². The third-order valence-electron chi connectivity index (χ3n) is 2.98. The lowest BCUT2D eigenvalue weighted by molar-refractivity contribution is -0.114. The van der Waals surface area contributed by atoms with Gasteiger partial charge in [0.05, 0.1) is 5.36 Å². The highest BCUT2D eigenvalue weighted by atomic mass is 16.3. The second-order valence-electron chi connectivity index (χ2n) is 4.39. The maximum absolute atomic E-state index is 11.9. The largest absolute Gasteiger partial charge is 0.494 e. The molecule has 0 aliphatic carbocycles. The van der Waals surface area contributed by atoms with Gasteiger partial charge in [-0.3, -0.25) is 19.6 Å². The third kappa shape index (κ3) is 2.32. The van der Waals surface area contributed by atoms with Gasteiger partial charge >= 0.3 is 5.69 Å². The molecule has 0 atom stereocenters. The summed E-state index contributed by atoms with van der Waals surface area (Å²) in [5, 5.41) is 10.9. The molecule has 3 rings (SSSR count). The number of nitrogens with zero attached hydrogens (tertiary/aromatic N) is 1. The number of para-hydroxylation sites is 1. The van der Waals surface area contributed by atoms with Crippen LogP contribution in [0.1, 0.15) is 5.56 Å². The van der Waals surface area contributed by atoms with Crippen LogP contribution in [0.25, 0.3) is 12.2 Å². The number of nitrogens with one attached hydrogen (secondary N) is 2. The number of carbonyl (C=O) groups is 1. The molecule has 7 nitrogen and oxygen atoms in total. The van der Waals surface area contributed by atoms with Gasteiger partial charge in [-0.15, -0.1) is 0 Å². The Morgan fingerprint density at radius 1 is 1.10 bits per heavy atom. The molecule has 1 aromatic carbocycles. The quantitative estimate of drug-likeness (QED) is 0.570. The van der Waals surface area contributed by atoms with Crippen molar-refractivity contribution in [2.75, 3.05) is 0 Å². The van der Waals surface area contributed by atoms with Crippen molar-refractivity contribution in [2.24, 2.45) is 4.99 Å². The summed E-state index contributed by atoms with van der Waals surface area (Å²) in [5.41, 5.74) is -1.68. The summed E-state index contributed by atoms with van der Waals surface area (Å²) >= 11 is 0. The van der Waals surface area contributed by atoms with Gasteiger partial charge in [0.25, 0.3) is 11.5 Å². The fourth-order valence-electron chi connectivity index (χ4n) is 1.99. The number of benzene rings is 1. The van der Waals surface area contributed by atoms with Crippen LogP contribution in [-0.2, 0) is 4.79 Å². The highest BCUT2D eigenvalue weighted by molar-refractivity contribution is 6.07. The molecule has 0 unspecified atom stereocenters. The standard InChI is InChI=1S/C14H9N3O4/c18-11-8(5-7-3-1-2-4-10(7)15-11)6-9-12(19)16-14(21)17-13(9)20/h1-6H,(H3,16,17,19,20,21)/b8-6+. The summed E-state index contributed by atoms with van der Waals surface area (Å²) in [6.45, 7) is 0. The number of rotatable bonds is 1. The molecule has 0 radical (unpaired) electrons. The number of fused-ring (bicyclic) bond motifs is 1. The Morgan fingerprint density at radius 3 is 2.62 bits per heavy atom. The number of hydrogen-bond donors (Lipinski definition) is 3. The summed E-state index contributed by atoms with van der Waals surface area (Å²) in [6.07, 6.45) is 2.75. The number of aromatic nitrogens is 2. The van der Waals surface area contributed by atoms with Crippen molar-refractivity contribution >= 4 is 18.1 Å². The molecule has 1 aliphatic heterocycles. The van der Waals surface area contributed by atoms with Gasteiger partial charge in [-0.25, -0.2) is 9.79 Å². The van der Waals surface area contributed by atoms with Crippen molar-refractivity contribution in [2.45, 2.75) is 0 Å². The molecule has 2 heterocycles. The molecule has 2 aromatic rings. The maximum Gasteiger partial charge on any atom is 0.328 e. The molecular formula is C14H9N3O4. The first-order valence-electron chi connectivity index (χ1n) is 6.02. The lowest BCUT2D eigenvalue weighted by atomic mass is 10.1. The van der Waals surface area contributed by atoms with E-state index in [1.165, 1.54) is 6.08 Å². The SMILES string of the molecule is O=C1N=c2ccccc2=C/C1=C\c1c(O)[nH]c(=O)[nH]c1=O. The van der Waals surface area contributed by atoms with E-state index >= 15 is 0 Å². The molecule has 0 fully saturated rings. The zero-order chi connectivity index (χ0) is 15.0. The molecule has 7 heteroatoms. The molecule has 0 bridgehead atoms. The lowest BCUT2D eigenvalue weighted by Gasteiger charge is -2.03. The Labute approximate surface area is 116 Å². The summed E-state index contributed by atoms with van der Waals surface area (Å²) in [6, 6.07) is 7.03. The molecule has 1 aromatic heterocycles. The van der Waals surface area contributed by atoms with Gasteiger partial charge in [0.1, 0.15) is 5.56 Å². The minimum Gasteiger partial charge on any atom is -0.494 e. The first kappa shape index (κ1) is 12.8. The van der Waals surface area contributed by atoms with E-state index in [1.54, 1.807) is 30.3 Å². The van der Waals surface area contributed by atoms with Gasteiger partial charge in [0.2, 0.25) is 5.88 Å². The van der Waals surface area contributed by atoms with Crippen molar-refractivity contribution in [3.8, 4) is 5.88 Å². The minimum atomic E-state index is -0.825. The van der Waals surface area contributed by atoms with Crippen LogP contribution < -0.4 is 21.8 Å². The van der Waals surface area contributed by atoms with Crippen LogP contribution in [0, 0.1) is 0 Å². The van der Waals surface area contributed by atoms with Crippen LogP contribution in [0.15, 0.2) is 44.4 Å². The summed E-state index contributed by atoms with van der Waals surface area (Å²) < 4.78 is 0. The number of aromatic hydroxyl groups is 1. The highest BCUT2D eigenvalue weighted by Crippen LogP contribution is 2.13. The van der Waals surface area contributed by atoms with Crippen molar-refractivity contribution < 1.29 is 9.90 Å². The highest BCUT2D eigenvalue weighted by Gasteiger charge is 2.13. The van der Waals surface area contributed by atoms with E-state index in [-0.39, 0.29) is 11.1 Å². The molecule has 1 amide bonds. The number of H-pyrrole nitrogens is 2. The van der Waals surface area contributed by atoms with Crippen molar-refractivity contribution in [1.29, 1.82) is 0 Å². The first-order valence-corrected chi connectivity index (χ1v) is 6.02. The van der Waals surface area contributed by atoms with Crippen LogP contribution in [0.4, 0.5) is 0 Å². The maximum atomic E-state index is 11.9. The van der Waals surface area contributed by atoms with Gasteiger partial charge in [-0.2, -0.15) is 0 Å². The van der Waals surface area contributed by atoms with E-state index in [1.807, 2.05) is 9.97 Å². The van der Waals surface area contributed by atoms with Crippen LogP contribution in [0.2, 0.25) is 0 Å². The second kappa shape index (κ2) is 4.71. The first-order chi connectivity index (χ1) is 10.0. The number of amides is 1. The average Bonchev–Trinajstić information content (AvgIpc) is 2.43. The Hall–Kier alpha value is -3.22. The normalized spacial score (nSPS) is 15.2. The summed E-state index contributed by atoms with van der Waals surface area (Å²) in [4.78, 5) is 42.5. The zero-order valence-corrected chi connectivity index (χ0v) is 10.6. The molecular weight excluding hydrogens is 274 g/mol. The van der Waals surface area contributed by atoms with Crippen molar-refractivity contribution in [3.05, 3.63) is 66.8 Å². The van der Waals surface area contributed by atoms with E-state index in [0.29, 0.717) is 5.36 Å².